The van der Waals surface area contributed by atoms with Crippen LogP contribution in [0.3, 0.4) is 0 Å². The lowest BCUT2D eigenvalue weighted by Crippen LogP contribution is -2.37. The van der Waals surface area contributed by atoms with Crippen LogP contribution in [0.5, 0.6) is 5.75 Å². The summed E-state index contributed by atoms with van der Waals surface area (Å²) in [6.07, 6.45) is -2.26. The normalized spacial score (nSPS) is 33.5. The van der Waals surface area contributed by atoms with E-state index < -0.39 is 34.3 Å². The zero-order valence-corrected chi connectivity index (χ0v) is 16.2. The molecule has 25 heavy (non-hydrogen) atoms. The molecule has 1 N–H and O–H groups in total. The average Bonchev–Trinajstić information content (AvgIpc) is 2.75. The summed E-state index contributed by atoms with van der Waals surface area (Å²) in [5, 5.41) is 19.9. The number of non-ortho nitro benzene ring substituents is 1. The first kappa shape index (κ1) is 19.3. The zero-order valence-electron chi connectivity index (χ0n) is 12.2. The molecule has 0 bridgehead atoms. The number of halogens is 3. The lowest BCUT2D eigenvalue weighted by Gasteiger charge is -2.26. The first-order valence-electron chi connectivity index (χ1n) is 6.84. The summed E-state index contributed by atoms with van der Waals surface area (Å²) in [7, 11) is -3.99. The fraction of sp³-hybridized carbons (Fsp3) is 0.500. The van der Waals surface area contributed by atoms with Crippen molar-refractivity contribution in [2.45, 2.75) is 28.2 Å². The third-order valence-corrected chi connectivity index (χ3v) is 7.22. The van der Waals surface area contributed by atoms with Crippen LogP contribution < -0.4 is 4.52 Å². The van der Waals surface area contributed by atoms with Gasteiger partial charge in [0.05, 0.1) is 18.1 Å². The number of hydrogen-bond donors (Lipinski definition) is 1. The van der Waals surface area contributed by atoms with Gasteiger partial charge >= 0.3 is 7.82 Å². The lowest BCUT2D eigenvalue weighted by molar-refractivity contribution is -0.385. The summed E-state index contributed by atoms with van der Waals surface area (Å²) in [6.45, 7) is -0.553. The van der Waals surface area contributed by atoms with E-state index in [1.54, 1.807) is 0 Å². The molecule has 0 radical (unpaired) electrons. The second kappa shape index (κ2) is 6.94. The highest BCUT2D eigenvalue weighted by molar-refractivity contribution is 9.09. The van der Waals surface area contributed by atoms with Crippen LogP contribution >= 0.6 is 47.0 Å². The van der Waals surface area contributed by atoms with E-state index in [2.05, 4.69) is 15.9 Å². The number of alkyl halides is 3. The quantitative estimate of drug-likeness (QED) is 0.303. The SMILES string of the molecule is O=[N+]([O-])c1ccc2c(c1)COP(=O)(OC[C@H]1O[C@@H](Br)C(Cl)(Cl)[C@@H]1O)O2. The van der Waals surface area contributed by atoms with Crippen molar-refractivity contribution in [3.8, 4) is 5.75 Å². The van der Waals surface area contributed by atoms with Gasteiger partial charge in [0.15, 0.2) is 4.33 Å². The van der Waals surface area contributed by atoms with Gasteiger partial charge in [0, 0.05) is 17.7 Å². The molecule has 0 spiro atoms. The summed E-state index contributed by atoms with van der Waals surface area (Å²) in [5.74, 6) is 0.149. The summed E-state index contributed by atoms with van der Waals surface area (Å²) < 4.78 is 31.6. The highest BCUT2D eigenvalue weighted by Crippen LogP contribution is 2.55. The van der Waals surface area contributed by atoms with Crippen LogP contribution in [-0.4, -0.2) is 38.2 Å². The summed E-state index contributed by atoms with van der Waals surface area (Å²) in [5.41, 5.74) is 0.220. The van der Waals surface area contributed by atoms with Gasteiger partial charge in [0.1, 0.15) is 23.0 Å². The van der Waals surface area contributed by atoms with Crippen LogP contribution in [0.4, 0.5) is 5.69 Å². The third kappa shape index (κ3) is 3.81. The van der Waals surface area contributed by atoms with E-state index >= 15 is 0 Å². The average molecular weight is 479 g/mol. The molecule has 2 aliphatic heterocycles. The van der Waals surface area contributed by atoms with E-state index in [1.807, 2.05) is 0 Å². The number of phosphoric ester groups is 1. The number of nitrogens with zero attached hydrogens (tertiary/aromatic N) is 1. The Kier molecular flexibility index (Phi) is 5.36. The van der Waals surface area contributed by atoms with Crippen molar-refractivity contribution in [2.24, 2.45) is 0 Å². The van der Waals surface area contributed by atoms with Gasteiger partial charge in [-0.25, -0.2) is 4.57 Å². The van der Waals surface area contributed by atoms with Gasteiger partial charge in [0.25, 0.3) is 5.69 Å². The molecule has 9 nitrogen and oxygen atoms in total. The molecule has 13 heteroatoms. The molecule has 138 valence electrons. The summed E-state index contributed by atoms with van der Waals surface area (Å²) >= 11 is 14.9. The van der Waals surface area contributed by atoms with Gasteiger partial charge in [-0.05, 0) is 6.07 Å². The third-order valence-electron chi connectivity index (χ3n) is 3.58. The molecule has 1 saturated heterocycles. The molecule has 0 aliphatic carbocycles. The first-order chi connectivity index (χ1) is 11.6. The monoisotopic (exact) mass is 477 g/mol. The van der Waals surface area contributed by atoms with Gasteiger partial charge in [-0.2, -0.15) is 0 Å². The molecule has 1 fully saturated rings. The van der Waals surface area contributed by atoms with Gasteiger partial charge in [0.2, 0.25) is 0 Å². The number of nitro groups is 1. The molecule has 2 heterocycles. The van der Waals surface area contributed by atoms with Crippen molar-refractivity contribution >= 4 is 52.6 Å². The number of fused-ring (bicyclic) bond motifs is 1. The Hall–Kier alpha value is -0.450. The van der Waals surface area contributed by atoms with Crippen LogP contribution in [0.15, 0.2) is 18.2 Å². The Morgan fingerprint density at radius 2 is 2.24 bits per heavy atom. The molecule has 0 saturated carbocycles. The predicted molar refractivity (Wildman–Crippen MR) is 90.1 cm³/mol. The van der Waals surface area contributed by atoms with Gasteiger partial charge in [-0.1, -0.05) is 39.1 Å². The van der Waals surface area contributed by atoms with Crippen molar-refractivity contribution in [2.75, 3.05) is 6.61 Å². The molecule has 1 unspecified atom stereocenters. The minimum absolute atomic E-state index is 0.144. The van der Waals surface area contributed by atoms with E-state index in [1.165, 1.54) is 18.2 Å². The van der Waals surface area contributed by atoms with Crippen LogP contribution in [0.25, 0.3) is 0 Å². The van der Waals surface area contributed by atoms with Crippen molar-refractivity contribution < 1.29 is 32.9 Å². The molecule has 4 atom stereocenters. The number of benzene rings is 1. The smallest absolute Gasteiger partial charge is 0.404 e. The molecular weight excluding hydrogens is 468 g/mol. The highest BCUT2D eigenvalue weighted by Gasteiger charge is 2.54. The molecule has 2 aliphatic rings. The molecule has 3 rings (SSSR count). The van der Waals surface area contributed by atoms with E-state index in [0.717, 1.165) is 0 Å². The largest absolute Gasteiger partial charge is 0.530 e. The maximum absolute atomic E-state index is 12.5. The van der Waals surface area contributed by atoms with Crippen molar-refractivity contribution in [1.29, 1.82) is 0 Å². The fourth-order valence-corrected chi connectivity index (χ4v) is 4.39. The number of aliphatic hydroxyl groups is 1. The van der Waals surface area contributed by atoms with Crippen LogP contribution in [0.1, 0.15) is 5.56 Å². The second-order valence-corrected chi connectivity index (χ2v) is 9.14. The van der Waals surface area contributed by atoms with Crippen LogP contribution in [-0.2, 0) is 25.0 Å². The number of hydrogen-bond acceptors (Lipinski definition) is 8. The van der Waals surface area contributed by atoms with Gasteiger partial charge in [-0.3, -0.25) is 19.2 Å². The minimum Gasteiger partial charge on any atom is -0.404 e. The van der Waals surface area contributed by atoms with Gasteiger partial charge in [-0.15, -0.1) is 0 Å². The highest BCUT2D eigenvalue weighted by atomic mass is 79.9. The van der Waals surface area contributed by atoms with Crippen LogP contribution in [0.2, 0.25) is 0 Å². The standard InChI is InChI=1S/C12H11BrCl2NO8P/c13-11-12(14,15)10(17)9(23-11)5-22-25(20)21-4-6-3-7(16(18)19)1-2-8(6)24-25/h1-3,9-11,17H,4-5H2/t9-,10-,11-,25?/m1/s1. The van der Waals surface area contributed by atoms with E-state index in [4.69, 9.17) is 41.5 Å². The molecule has 0 amide bonds. The molecular formula is C12H11BrCl2NO8P. The first-order valence-corrected chi connectivity index (χ1v) is 9.97. The molecule has 0 aromatic heterocycles. The summed E-state index contributed by atoms with van der Waals surface area (Å²) in [4.78, 5) is 10.2. The number of rotatable bonds is 4. The van der Waals surface area contributed by atoms with E-state index in [0.29, 0.717) is 5.56 Å². The van der Waals surface area contributed by atoms with E-state index in [9.17, 15) is 19.8 Å². The molecule has 1 aromatic rings. The van der Waals surface area contributed by atoms with Crippen molar-refractivity contribution in [1.82, 2.24) is 0 Å². The Morgan fingerprint density at radius 3 is 2.84 bits per heavy atom. The fourth-order valence-electron chi connectivity index (χ4n) is 2.24. The van der Waals surface area contributed by atoms with Crippen LogP contribution in [0, 0.1) is 10.1 Å². The minimum atomic E-state index is -3.99. The second-order valence-electron chi connectivity index (χ2n) is 5.27. The lowest BCUT2D eigenvalue weighted by atomic mass is 10.2. The Labute approximate surface area is 160 Å². The molecule has 1 aromatic carbocycles. The predicted octanol–water partition coefficient (Wildman–Crippen LogP) is 3.28. The maximum Gasteiger partial charge on any atom is 0.530 e. The summed E-state index contributed by atoms with van der Waals surface area (Å²) in [6, 6.07) is 3.78. The number of nitro benzene ring substituents is 1. The number of phosphoric acid groups is 1. The number of aliphatic hydroxyl groups excluding tert-OH is 1. The van der Waals surface area contributed by atoms with Crippen molar-refractivity contribution in [3.63, 3.8) is 0 Å². The Morgan fingerprint density at radius 1 is 1.52 bits per heavy atom. The van der Waals surface area contributed by atoms with Crippen molar-refractivity contribution in [3.05, 3.63) is 33.9 Å². The van der Waals surface area contributed by atoms with E-state index in [-0.39, 0.29) is 24.7 Å². The zero-order chi connectivity index (χ0) is 18.4. The number of ether oxygens (including phenoxy) is 1. The topological polar surface area (TPSA) is 117 Å². The maximum atomic E-state index is 12.5. The Balaban J connectivity index is 1.67. The Bertz CT molecular complexity index is 750. The van der Waals surface area contributed by atoms with Gasteiger partial charge < -0.3 is 14.4 Å².